The van der Waals surface area contributed by atoms with Gasteiger partial charge in [-0.25, -0.2) is 40.3 Å². The smallest absolute Gasteiger partial charge is 0.267 e. The maximum atomic E-state index is 15.7. The van der Waals surface area contributed by atoms with Crippen molar-refractivity contribution in [1.29, 1.82) is 0 Å². The molecule has 2 N–H and O–H groups in total. The summed E-state index contributed by atoms with van der Waals surface area (Å²) in [5.41, 5.74) is 3.83. The van der Waals surface area contributed by atoms with Gasteiger partial charge in [-0.2, -0.15) is 5.10 Å². The zero-order chi connectivity index (χ0) is 26.2. The van der Waals surface area contributed by atoms with Crippen molar-refractivity contribution < 1.29 is 30.4 Å². The zero-order valence-electron chi connectivity index (χ0n) is 18.2. The van der Waals surface area contributed by atoms with Gasteiger partial charge in [0.15, 0.2) is 5.82 Å². The predicted molar refractivity (Wildman–Crippen MR) is 120 cm³/mol. The predicted octanol–water partition coefficient (Wildman–Crippen LogP) is 4.10. The van der Waals surface area contributed by atoms with E-state index < -0.39 is 56.1 Å². The van der Waals surface area contributed by atoms with Gasteiger partial charge in [0.1, 0.15) is 34.7 Å². The van der Waals surface area contributed by atoms with Crippen LogP contribution in [0.2, 0.25) is 0 Å². The monoisotopic (exact) mass is 523 g/mol. The fourth-order valence-corrected chi connectivity index (χ4v) is 4.61. The van der Waals surface area contributed by atoms with E-state index in [1.165, 1.54) is 18.5 Å². The van der Waals surface area contributed by atoms with Crippen LogP contribution >= 0.6 is 0 Å². The lowest BCUT2D eigenvalue weighted by atomic mass is 10.0. The van der Waals surface area contributed by atoms with Crippen LogP contribution in [0.1, 0.15) is 0 Å². The molecule has 0 aliphatic heterocycles. The van der Waals surface area contributed by atoms with Crippen LogP contribution < -0.4 is 10.0 Å². The van der Waals surface area contributed by atoms with Gasteiger partial charge in [0, 0.05) is 18.0 Å². The van der Waals surface area contributed by atoms with Gasteiger partial charge in [-0.05, 0) is 36.4 Å². The molecule has 4 rings (SSSR count). The van der Waals surface area contributed by atoms with Crippen molar-refractivity contribution in [3.05, 3.63) is 79.1 Å². The van der Waals surface area contributed by atoms with E-state index in [-0.39, 0.29) is 33.7 Å². The summed E-state index contributed by atoms with van der Waals surface area (Å²) in [6.07, 6.45) is 2.57. The number of hydrogen-bond acceptors (Lipinski definition) is 6. The highest BCUT2D eigenvalue weighted by Gasteiger charge is 2.31. The van der Waals surface area contributed by atoms with Crippen molar-refractivity contribution in [1.82, 2.24) is 19.7 Å². The molecule has 8 nitrogen and oxygen atoms in total. The van der Waals surface area contributed by atoms with E-state index in [9.17, 15) is 26.0 Å². The summed E-state index contributed by atoms with van der Waals surface area (Å²) < 4.78 is 98.5. The quantitative estimate of drug-likeness (QED) is 0.366. The van der Waals surface area contributed by atoms with Crippen molar-refractivity contribution in [2.75, 3.05) is 16.7 Å². The molecule has 187 valence electrons. The third-order valence-electron chi connectivity index (χ3n) is 5.06. The Bertz CT molecular complexity index is 1560. The Kier molecular flexibility index (Phi) is 6.63. The fourth-order valence-electron chi connectivity index (χ4n) is 3.39. The standard InChI is InChI=1S/C22H16F5N6O2S/c1-32(36(34,35)18-10-12(24)2-3-14(18)25)17-5-4-15(26)19(20(17)27)21-13(11-33(31-21)9-7-23)16-6-8-29-22(28)30-16/h2-6,8,10-11H,1,7,9H2,(H2,28,29,30). The van der Waals surface area contributed by atoms with Crippen molar-refractivity contribution >= 4 is 21.7 Å². The van der Waals surface area contributed by atoms with Gasteiger partial charge >= 0.3 is 0 Å². The number of nitrogen functional groups attached to an aromatic ring is 1. The number of rotatable bonds is 7. The van der Waals surface area contributed by atoms with E-state index >= 15 is 4.39 Å². The minimum atomic E-state index is -4.92. The normalized spacial score (nSPS) is 11.6. The number of nitrogens with two attached hydrogens (primary N) is 1. The molecule has 14 heteroatoms. The molecule has 0 spiro atoms. The highest BCUT2D eigenvalue weighted by atomic mass is 32.2. The van der Waals surface area contributed by atoms with E-state index in [1.807, 2.05) is 0 Å². The lowest BCUT2D eigenvalue weighted by Gasteiger charge is -2.21. The Hall–Kier alpha value is -4.07. The number of alkyl halides is 1. The molecule has 0 bridgehead atoms. The number of anilines is 2. The first-order valence-electron chi connectivity index (χ1n) is 10.1. The summed E-state index contributed by atoms with van der Waals surface area (Å²) in [6.45, 7) is -1.10. The van der Waals surface area contributed by atoms with Crippen LogP contribution in [0.4, 0.5) is 33.6 Å². The zero-order valence-corrected chi connectivity index (χ0v) is 19.0. The second-order valence-electron chi connectivity index (χ2n) is 7.33. The number of aromatic nitrogens is 4. The van der Waals surface area contributed by atoms with Gasteiger partial charge in [-0.15, -0.1) is 0 Å². The molecule has 0 saturated carbocycles. The average Bonchev–Trinajstić information content (AvgIpc) is 3.24. The third-order valence-corrected chi connectivity index (χ3v) is 6.71. The molecule has 1 radical (unpaired) electrons. The lowest BCUT2D eigenvalue weighted by Crippen LogP contribution is -2.26. The van der Waals surface area contributed by atoms with Crippen LogP contribution in [-0.2, 0) is 16.6 Å². The first kappa shape index (κ1) is 25.0. The Morgan fingerprint density at radius 1 is 1.06 bits per heavy atom. The van der Waals surface area contributed by atoms with Gasteiger partial charge in [0.25, 0.3) is 10.0 Å². The molecule has 0 aliphatic rings. The van der Waals surface area contributed by atoms with Crippen LogP contribution in [0.3, 0.4) is 0 Å². The van der Waals surface area contributed by atoms with E-state index in [2.05, 4.69) is 22.1 Å². The Morgan fingerprint density at radius 3 is 2.47 bits per heavy atom. The summed E-state index contributed by atoms with van der Waals surface area (Å²) in [5, 5.41) is 4.04. The maximum Gasteiger partial charge on any atom is 0.267 e. The highest BCUT2D eigenvalue weighted by molar-refractivity contribution is 7.92. The molecule has 4 aromatic rings. The molecule has 0 fully saturated rings. The van der Waals surface area contributed by atoms with Crippen molar-refractivity contribution in [2.45, 2.75) is 11.4 Å². The molecule has 0 unspecified atom stereocenters. The number of benzene rings is 2. The van der Waals surface area contributed by atoms with Gasteiger partial charge in [-0.3, -0.25) is 8.99 Å². The summed E-state index contributed by atoms with van der Waals surface area (Å²) in [7, 11) is -1.66. The van der Waals surface area contributed by atoms with E-state index in [4.69, 9.17) is 5.73 Å². The Labute approximate surface area is 201 Å². The van der Waals surface area contributed by atoms with Gasteiger partial charge in [0.05, 0.1) is 30.5 Å². The molecule has 0 amide bonds. The third kappa shape index (κ3) is 4.46. The molecule has 0 aliphatic carbocycles. The van der Waals surface area contributed by atoms with E-state index in [0.717, 1.165) is 16.8 Å². The van der Waals surface area contributed by atoms with Crippen LogP contribution in [0.15, 0.2) is 53.7 Å². The largest absolute Gasteiger partial charge is 0.368 e. The minimum Gasteiger partial charge on any atom is -0.368 e. The van der Waals surface area contributed by atoms with Crippen LogP contribution in [0.25, 0.3) is 22.5 Å². The van der Waals surface area contributed by atoms with Gasteiger partial charge in [0.2, 0.25) is 5.95 Å². The average molecular weight is 523 g/mol. The lowest BCUT2D eigenvalue weighted by molar-refractivity contribution is 0.427. The van der Waals surface area contributed by atoms with Crippen molar-refractivity contribution in [2.24, 2.45) is 0 Å². The Morgan fingerprint density at radius 2 is 1.78 bits per heavy atom. The van der Waals surface area contributed by atoms with Crippen LogP contribution in [0, 0.1) is 30.3 Å². The summed E-state index contributed by atoms with van der Waals surface area (Å²) in [5.74, 6) is -5.09. The molecular weight excluding hydrogens is 507 g/mol. The second-order valence-corrected chi connectivity index (χ2v) is 9.16. The fraction of sp³-hybridized carbons (Fsp3) is 0.0909. The Balaban J connectivity index is 1.90. The molecular formula is C22H16F5N6O2S. The van der Waals surface area contributed by atoms with Gasteiger partial charge in [-0.1, -0.05) is 0 Å². The molecule has 2 aromatic heterocycles. The van der Waals surface area contributed by atoms with Gasteiger partial charge < -0.3 is 5.73 Å². The molecule has 2 heterocycles. The van der Waals surface area contributed by atoms with Crippen LogP contribution in [-0.4, -0.2) is 34.8 Å². The number of nitrogens with zero attached hydrogens (tertiary/aromatic N) is 5. The SMILES string of the molecule is [CH2]N(c1ccc(F)c(-c2nn(CCF)cc2-c2ccnc(N)n2)c1F)S(=O)(=O)c1cc(F)ccc1F. The van der Waals surface area contributed by atoms with Crippen LogP contribution in [0.5, 0.6) is 0 Å². The summed E-state index contributed by atoms with van der Waals surface area (Å²) in [4.78, 5) is 6.64. The summed E-state index contributed by atoms with van der Waals surface area (Å²) >= 11 is 0. The number of hydrogen-bond donors (Lipinski definition) is 1. The summed E-state index contributed by atoms with van der Waals surface area (Å²) in [6, 6.07) is 4.57. The topological polar surface area (TPSA) is 107 Å². The molecule has 0 saturated heterocycles. The van der Waals surface area contributed by atoms with Crippen molar-refractivity contribution in [3.8, 4) is 22.5 Å². The second kappa shape index (κ2) is 9.53. The highest BCUT2D eigenvalue weighted by Crippen LogP contribution is 2.38. The number of aryl methyl sites for hydroxylation is 1. The molecule has 36 heavy (non-hydrogen) atoms. The maximum absolute atomic E-state index is 15.7. The number of sulfonamides is 1. The first-order valence-corrected chi connectivity index (χ1v) is 11.5. The van der Waals surface area contributed by atoms with E-state index in [0.29, 0.717) is 18.2 Å². The van der Waals surface area contributed by atoms with Crippen molar-refractivity contribution in [3.63, 3.8) is 0 Å². The molecule has 2 aromatic carbocycles. The first-order chi connectivity index (χ1) is 17.0. The number of halogens is 5. The molecule has 0 atom stereocenters. The van der Waals surface area contributed by atoms with E-state index in [1.54, 1.807) is 0 Å². The minimum absolute atomic E-state index is 0.0437.